The van der Waals surface area contributed by atoms with E-state index in [4.69, 9.17) is 14.2 Å². The quantitative estimate of drug-likeness (QED) is 0.383. The number of rotatable bonds is 8. The van der Waals surface area contributed by atoms with Gasteiger partial charge in [-0.05, 0) is 24.3 Å². The van der Waals surface area contributed by atoms with Gasteiger partial charge < -0.3 is 29.4 Å². The Morgan fingerprint density at radius 3 is 2.78 bits per heavy atom. The van der Waals surface area contributed by atoms with Crippen LogP contribution in [-0.2, 0) is 14.3 Å². The summed E-state index contributed by atoms with van der Waals surface area (Å²) in [6.07, 6.45) is 2.79. The van der Waals surface area contributed by atoms with Gasteiger partial charge in [-0.15, -0.1) is 0 Å². The van der Waals surface area contributed by atoms with Crippen molar-refractivity contribution in [1.82, 2.24) is 10.1 Å². The highest BCUT2D eigenvalue weighted by atomic mass is 32.2. The minimum absolute atomic E-state index is 0.00161. The van der Waals surface area contributed by atoms with Gasteiger partial charge in [0.1, 0.15) is 11.3 Å². The number of amides is 2. The lowest BCUT2D eigenvalue weighted by Crippen LogP contribution is -2.21. The lowest BCUT2D eigenvalue weighted by atomic mass is 10.3. The molecule has 1 aromatic carbocycles. The molecule has 2 N–H and O–H groups in total. The van der Waals surface area contributed by atoms with E-state index < -0.39 is 18.5 Å². The normalized spacial score (nSPS) is 11.6. The van der Waals surface area contributed by atoms with E-state index in [1.807, 2.05) is 0 Å². The number of carbonyl (C=O) groups is 3. The Balaban J connectivity index is 1.30. The number of esters is 1. The molecule has 164 valence electrons. The van der Waals surface area contributed by atoms with Crippen LogP contribution in [0.1, 0.15) is 10.4 Å². The fourth-order valence-corrected chi connectivity index (χ4v) is 3.41. The highest BCUT2D eigenvalue weighted by Gasteiger charge is 2.18. The number of ether oxygens (including phenoxy) is 3. The molecule has 0 aliphatic carbocycles. The van der Waals surface area contributed by atoms with Gasteiger partial charge in [-0.2, -0.15) is 0 Å². The van der Waals surface area contributed by atoms with Gasteiger partial charge >= 0.3 is 5.97 Å². The fourth-order valence-electron chi connectivity index (χ4n) is 2.63. The number of nitrogens with zero attached hydrogens (tertiary/aromatic N) is 2. The van der Waals surface area contributed by atoms with Gasteiger partial charge in [0, 0.05) is 24.0 Å². The van der Waals surface area contributed by atoms with Crippen LogP contribution in [0.5, 0.6) is 11.5 Å². The molecule has 0 saturated carbocycles. The van der Waals surface area contributed by atoms with E-state index in [1.54, 1.807) is 24.3 Å². The van der Waals surface area contributed by atoms with Crippen LogP contribution in [0.25, 0.3) is 0 Å². The van der Waals surface area contributed by atoms with Crippen LogP contribution in [-0.4, -0.2) is 47.1 Å². The van der Waals surface area contributed by atoms with E-state index in [9.17, 15) is 14.4 Å². The molecule has 2 aromatic heterocycles. The number of pyridine rings is 1. The van der Waals surface area contributed by atoms with Crippen molar-refractivity contribution in [3.63, 3.8) is 0 Å². The fraction of sp³-hybridized carbons (Fsp3) is 0.150. The molecule has 0 atom stereocenters. The van der Waals surface area contributed by atoms with E-state index in [2.05, 4.69) is 25.3 Å². The van der Waals surface area contributed by atoms with E-state index in [-0.39, 0.29) is 29.8 Å². The van der Waals surface area contributed by atoms with Crippen molar-refractivity contribution in [1.29, 1.82) is 0 Å². The first-order chi connectivity index (χ1) is 15.6. The first kappa shape index (κ1) is 21.2. The molecule has 32 heavy (non-hydrogen) atoms. The summed E-state index contributed by atoms with van der Waals surface area (Å²) in [5.74, 6) is -0.247. The number of nitrogens with one attached hydrogen (secondary N) is 2. The topological polar surface area (TPSA) is 142 Å². The van der Waals surface area contributed by atoms with E-state index in [0.717, 1.165) is 11.8 Å². The molecule has 1 aliphatic heterocycles. The Hall–Kier alpha value is -4.06. The molecule has 0 spiro atoms. The third-order valence-corrected chi connectivity index (χ3v) is 5.03. The van der Waals surface area contributed by atoms with E-state index in [1.165, 1.54) is 24.6 Å². The van der Waals surface area contributed by atoms with Crippen molar-refractivity contribution in [2.45, 2.75) is 5.03 Å². The zero-order chi connectivity index (χ0) is 22.3. The van der Waals surface area contributed by atoms with Crippen molar-refractivity contribution >= 4 is 41.1 Å². The number of aromatic nitrogens is 2. The maximum absolute atomic E-state index is 12.4. The summed E-state index contributed by atoms with van der Waals surface area (Å²) in [6, 6.07) is 9.58. The summed E-state index contributed by atoms with van der Waals surface area (Å²) in [5, 5.41) is 8.99. The molecule has 0 radical (unpaired) electrons. The van der Waals surface area contributed by atoms with Crippen LogP contribution >= 0.6 is 11.8 Å². The predicted molar refractivity (Wildman–Crippen MR) is 112 cm³/mol. The summed E-state index contributed by atoms with van der Waals surface area (Å²) in [7, 11) is 0. The standard InChI is InChI=1S/C20H16N4O7S/c25-17(23-16-5-7-31-24-16)9-28-20(27)13-2-1-6-21-19(13)32-10-18(26)22-12-3-4-14-15(8-12)30-11-29-14/h1-8H,9-11H2,(H,22,26)(H,23,24,25). The van der Waals surface area contributed by atoms with Gasteiger partial charge in [0.15, 0.2) is 23.9 Å². The smallest absolute Gasteiger partial charge is 0.341 e. The van der Waals surface area contributed by atoms with Crippen molar-refractivity contribution < 1.29 is 33.1 Å². The number of hydrogen-bond acceptors (Lipinski definition) is 10. The highest BCUT2D eigenvalue weighted by molar-refractivity contribution is 8.00. The lowest BCUT2D eigenvalue weighted by Gasteiger charge is -2.09. The SMILES string of the molecule is O=C(CSc1ncccc1C(=O)OCC(=O)Nc1ccon1)Nc1ccc2c(c1)OCO2. The monoisotopic (exact) mass is 456 g/mol. The largest absolute Gasteiger partial charge is 0.454 e. The molecule has 12 heteroatoms. The third kappa shape index (κ3) is 5.35. The molecule has 1 aliphatic rings. The van der Waals surface area contributed by atoms with E-state index in [0.29, 0.717) is 22.2 Å². The Bertz CT molecular complexity index is 1140. The van der Waals surface area contributed by atoms with Gasteiger partial charge in [0.25, 0.3) is 5.91 Å². The molecule has 2 amide bonds. The second-order valence-corrected chi connectivity index (χ2v) is 7.23. The molecule has 3 aromatic rings. The summed E-state index contributed by atoms with van der Waals surface area (Å²) < 4.78 is 20.2. The molecule has 11 nitrogen and oxygen atoms in total. The molecule has 0 unspecified atom stereocenters. The Morgan fingerprint density at radius 2 is 1.94 bits per heavy atom. The van der Waals surface area contributed by atoms with Crippen molar-refractivity contribution in [2.24, 2.45) is 0 Å². The molecular weight excluding hydrogens is 440 g/mol. The van der Waals surface area contributed by atoms with Crippen LogP contribution in [0.2, 0.25) is 0 Å². The van der Waals surface area contributed by atoms with Gasteiger partial charge in [-0.25, -0.2) is 9.78 Å². The van der Waals surface area contributed by atoms with Crippen LogP contribution in [0.15, 0.2) is 58.4 Å². The maximum atomic E-state index is 12.4. The van der Waals surface area contributed by atoms with Crippen LogP contribution in [0.3, 0.4) is 0 Å². The Morgan fingerprint density at radius 1 is 1.06 bits per heavy atom. The minimum atomic E-state index is -0.743. The second kappa shape index (κ2) is 9.83. The Labute approximate surface area is 185 Å². The average molecular weight is 456 g/mol. The lowest BCUT2D eigenvalue weighted by molar-refractivity contribution is -0.119. The molecule has 0 bridgehead atoms. The average Bonchev–Trinajstić information content (AvgIpc) is 3.48. The van der Waals surface area contributed by atoms with Gasteiger partial charge in [0.2, 0.25) is 12.7 Å². The van der Waals surface area contributed by atoms with Gasteiger partial charge in [-0.1, -0.05) is 16.9 Å². The van der Waals surface area contributed by atoms with Crippen LogP contribution in [0.4, 0.5) is 11.5 Å². The summed E-state index contributed by atoms with van der Waals surface area (Å²) in [6.45, 7) is -0.377. The summed E-state index contributed by atoms with van der Waals surface area (Å²) in [4.78, 5) is 40.7. The predicted octanol–water partition coefficient (Wildman–Crippen LogP) is 2.32. The second-order valence-electron chi connectivity index (χ2n) is 6.27. The summed E-state index contributed by atoms with van der Waals surface area (Å²) >= 11 is 1.06. The highest BCUT2D eigenvalue weighted by Crippen LogP contribution is 2.34. The summed E-state index contributed by atoms with van der Waals surface area (Å²) in [5.41, 5.74) is 0.696. The maximum Gasteiger partial charge on any atom is 0.341 e. The van der Waals surface area contributed by atoms with Gasteiger partial charge in [-0.3, -0.25) is 9.59 Å². The van der Waals surface area contributed by atoms with Crippen molar-refractivity contribution in [3.05, 3.63) is 54.4 Å². The zero-order valence-electron chi connectivity index (χ0n) is 16.4. The molecule has 0 fully saturated rings. The van der Waals surface area contributed by atoms with Gasteiger partial charge in [0.05, 0.1) is 11.3 Å². The molecule has 0 saturated heterocycles. The first-order valence-electron chi connectivity index (χ1n) is 9.23. The number of hydrogen-bond donors (Lipinski definition) is 2. The molecular formula is C20H16N4O7S. The number of fused-ring (bicyclic) bond motifs is 1. The van der Waals surface area contributed by atoms with Crippen LogP contribution < -0.4 is 20.1 Å². The number of benzene rings is 1. The van der Waals surface area contributed by atoms with E-state index >= 15 is 0 Å². The third-order valence-electron chi connectivity index (χ3n) is 4.03. The number of thioether (sulfide) groups is 1. The first-order valence-corrected chi connectivity index (χ1v) is 10.2. The zero-order valence-corrected chi connectivity index (χ0v) is 17.2. The molecule has 4 rings (SSSR count). The Kier molecular flexibility index (Phi) is 6.51. The minimum Gasteiger partial charge on any atom is -0.454 e. The van der Waals surface area contributed by atoms with Crippen molar-refractivity contribution in [2.75, 3.05) is 29.8 Å². The van der Waals surface area contributed by atoms with Crippen LogP contribution in [0, 0.1) is 0 Å². The number of anilines is 2. The molecule has 3 heterocycles. The number of carbonyl (C=O) groups excluding carboxylic acids is 3. The van der Waals surface area contributed by atoms with Crippen molar-refractivity contribution in [3.8, 4) is 11.5 Å².